The molecule has 0 saturated heterocycles. The zero-order valence-corrected chi connectivity index (χ0v) is 57.2. The number of benzene rings is 13. The molecule has 2 aromatic heterocycles. The summed E-state index contributed by atoms with van der Waals surface area (Å²) >= 11 is 7.06. The molecule has 0 bridgehead atoms. The molecule has 9 nitrogen and oxygen atoms in total. The minimum atomic E-state index is -0.299. The molecule has 0 aliphatic carbocycles. The molecule has 0 radical (unpaired) electrons. The van der Waals surface area contributed by atoms with E-state index in [2.05, 4.69) is 327 Å². The Labute approximate surface area is 596 Å². The van der Waals surface area contributed by atoms with Gasteiger partial charge in [-0.2, -0.15) is 0 Å². The molecular weight excluding hydrogens is 1300 g/mol. The van der Waals surface area contributed by atoms with Gasteiger partial charge in [0.15, 0.2) is 0 Å². The number of hydrogen-bond acceptors (Lipinski definition) is 13. The van der Waals surface area contributed by atoms with Gasteiger partial charge in [0.25, 0.3) is 20.1 Å². The average molecular weight is 1360 g/mol. The summed E-state index contributed by atoms with van der Waals surface area (Å²) in [5.41, 5.74) is 21.2. The summed E-state index contributed by atoms with van der Waals surface area (Å²) in [5, 5.41) is 2.21. The summed E-state index contributed by atoms with van der Waals surface area (Å²) in [7, 11) is 0. The molecule has 472 valence electrons. The highest BCUT2D eigenvalue weighted by Crippen LogP contribution is 2.52. The lowest BCUT2D eigenvalue weighted by molar-refractivity contribution is 0.468. The first-order chi connectivity index (χ1) is 49.5. The Hall–Kier alpha value is -11.1. The van der Waals surface area contributed by atoms with Crippen LogP contribution in [0.2, 0.25) is 0 Å². The van der Waals surface area contributed by atoms with Crippen molar-refractivity contribution in [2.45, 2.75) is 0 Å². The van der Waals surface area contributed by atoms with Crippen molar-refractivity contribution in [2.75, 3.05) is 35.8 Å². The highest BCUT2D eigenvalue weighted by atomic mass is 32.2. The third-order valence-corrected chi connectivity index (χ3v) is 24.3. The van der Waals surface area contributed by atoms with E-state index in [9.17, 15) is 0 Å². The fourth-order valence-corrected chi connectivity index (χ4v) is 20.2. The molecular formula is C84H54B3N5O4S4. The Morgan fingerprint density at radius 3 is 0.990 bits per heavy atom. The van der Waals surface area contributed by atoms with Crippen molar-refractivity contribution in [1.82, 2.24) is 0 Å². The number of fused-ring (bicyclic) bond motifs is 16. The number of hydrogen-bond donors (Lipinski definition) is 0. The van der Waals surface area contributed by atoms with Gasteiger partial charge in [-0.1, -0.05) is 146 Å². The third kappa shape index (κ3) is 8.73. The zero-order valence-electron chi connectivity index (χ0n) is 53.9. The van der Waals surface area contributed by atoms with Crippen molar-refractivity contribution >= 4 is 209 Å². The lowest BCUT2D eigenvalue weighted by Crippen LogP contribution is -2.64. The van der Waals surface area contributed by atoms with Crippen LogP contribution in [-0.2, 0) is 0 Å². The molecule has 0 saturated carbocycles. The van der Waals surface area contributed by atoms with E-state index in [-0.39, 0.29) is 20.1 Å². The van der Waals surface area contributed by atoms with E-state index >= 15 is 0 Å². The molecule has 0 fully saturated rings. The average Bonchev–Trinajstić information content (AvgIpc) is 1.61. The van der Waals surface area contributed by atoms with E-state index in [1.807, 2.05) is 22.7 Å². The van der Waals surface area contributed by atoms with Crippen LogP contribution in [0.15, 0.2) is 291 Å². The fourth-order valence-electron chi connectivity index (χ4n) is 16.3. The first-order valence-corrected chi connectivity index (χ1v) is 37.5. The Kier molecular flexibility index (Phi) is 13.2. The molecule has 15 aromatic rings. The van der Waals surface area contributed by atoms with Crippen LogP contribution >= 0.6 is 46.6 Å². The van der Waals surface area contributed by atoms with Gasteiger partial charge in [-0.3, -0.25) is 8.61 Å². The van der Waals surface area contributed by atoms with Gasteiger partial charge in [0.2, 0.25) is 0 Å². The first-order valence-electron chi connectivity index (χ1n) is 33.5. The van der Waals surface area contributed by atoms with Gasteiger partial charge in [0.05, 0.1) is 39.8 Å². The summed E-state index contributed by atoms with van der Waals surface area (Å²) in [6.07, 6.45) is 4.37. The Bertz CT molecular complexity index is 5740. The predicted octanol–water partition coefficient (Wildman–Crippen LogP) is 18.0. The summed E-state index contributed by atoms with van der Waals surface area (Å²) < 4.78 is 39.7. The van der Waals surface area contributed by atoms with Crippen molar-refractivity contribution in [3.63, 3.8) is 0 Å². The molecule has 100 heavy (non-hydrogen) atoms. The number of ether oxygens (including phenoxy) is 4. The van der Waals surface area contributed by atoms with Crippen molar-refractivity contribution in [1.29, 1.82) is 0 Å². The summed E-state index contributed by atoms with van der Waals surface area (Å²) in [5.74, 6) is 6.60. The van der Waals surface area contributed by atoms with Gasteiger partial charge in [0.1, 0.15) is 46.0 Å². The van der Waals surface area contributed by atoms with E-state index in [0.717, 1.165) is 163 Å². The van der Waals surface area contributed by atoms with Crippen LogP contribution in [0.4, 0.5) is 73.9 Å². The lowest BCUT2D eigenvalue weighted by atomic mass is 9.31. The fraction of sp³-hybridized carbons (Fsp3) is 0.0238. The molecule has 0 unspecified atom stereocenters. The minimum Gasteiger partial charge on any atom is -0.458 e. The maximum atomic E-state index is 7.77. The SMILES string of the molecule is CSN1c2cc3c(cc2B2c4cc5c(cc4Oc4cc(N(c6ccccc6)c6ccccc6)cc1c42)N(SC)c1cc(N(c2ccccc2)c2ccccc2)cc2c1B5c1sc4ccccc4c1O2)B1c2sc4ccccc4c2Oc2cc(N(c4ccccc4)c4ccccc4)cc(c21)O3. The van der Waals surface area contributed by atoms with Crippen LogP contribution in [-0.4, -0.2) is 32.6 Å². The third-order valence-electron chi connectivity index (χ3n) is 20.4. The number of nitrogens with zero attached hydrogens (tertiary/aromatic N) is 5. The van der Waals surface area contributed by atoms with Crippen LogP contribution in [0.5, 0.6) is 46.0 Å². The standard InChI is InChI=1S/C84H54B3N5O4S4/c1-97-91-66-49-71-65(87-80-74(94-71)45-59(90(55-33-17-7-18-34-55)56-35-19-8-20-36-56)46-75(80)96-82-61-38-22-24-40-77(61)100-84(82)87)47-62(66)85-64-48-63-67(50-70(64)93-72-43-57(41-68(91)78(72)85)88(51-25-9-3-10-26-51)52-27-11-4-12-28-52)92(98-2)69-42-58(89(53-29-13-5-14-30-53)54-31-15-6-16-32-54)44-73-79(69)86(63)83-81(95-73)60-37-21-23-39-76(60)99-83/h3-50H,1-2H3. The molecule has 0 spiro atoms. The van der Waals surface area contributed by atoms with Crippen LogP contribution in [0.1, 0.15) is 0 Å². The molecule has 6 aliphatic heterocycles. The molecule has 21 rings (SSSR count). The second-order valence-corrected chi connectivity index (χ2v) is 29.4. The number of anilines is 13. The van der Waals surface area contributed by atoms with E-state index in [1.165, 1.54) is 25.1 Å². The van der Waals surface area contributed by atoms with Crippen LogP contribution < -0.4 is 90.1 Å². The molecule has 8 heterocycles. The quantitative estimate of drug-likeness (QED) is 0.0919. The van der Waals surface area contributed by atoms with E-state index in [0.29, 0.717) is 0 Å². The maximum Gasteiger partial charge on any atom is 0.273 e. The normalized spacial score (nSPS) is 13.4. The smallest absolute Gasteiger partial charge is 0.273 e. The van der Waals surface area contributed by atoms with Gasteiger partial charge in [-0.25, -0.2) is 0 Å². The number of para-hydroxylation sites is 6. The van der Waals surface area contributed by atoms with E-state index in [1.54, 1.807) is 23.9 Å². The molecule has 0 atom stereocenters. The summed E-state index contributed by atoms with van der Waals surface area (Å²) in [6.45, 7) is -0.708. The van der Waals surface area contributed by atoms with Crippen molar-refractivity contribution in [3.8, 4) is 46.0 Å². The molecule has 0 N–H and O–H groups in total. The van der Waals surface area contributed by atoms with Gasteiger partial charge in [0, 0.05) is 118 Å². The van der Waals surface area contributed by atoms with Crippen molar-refractivity contribution in [3.05, 3.63) is 291 Å². The number of rotatable bonds is 11. The number of thiophene rings is 2. The van der Waals surface area contributed by atoms with Crippen LogP contribution in [0.3, 0.4) is 0 Å². The molecule has 0 amide bonds. The van der Waals surface area contributed by atoms with E-state index < -0.39 is 0 Å². The topological polar surface area (TPSA) is 53.1 Å². The van der Waals surface area contributed by atoms with E-state index in [4.69, 9.17) is 18.9 Å². The molecule has 6 aliphatic rings. The Balaban J connectivity index is 0.810. The van der Waals surface area contributed by atoms with Crippen LogP contribution in [0.25, 0.3) is 20.2 Å². The highest BCUT2D eigenvalue weighted by Gasteiger charge is 2.51. The predicted molar refractivity (Wildman–Crippen MR) is 425 cm³/mol. The molecule has 16 heteroatoms. The van der Waals surface area contributed by atoms with Gasteiger partial charge in [-0.05, 0) is 166 Å². The summed E-state index contributed by atoms with van der Waals surface area (Å²) in [6, 6.07) is 105. The summed E-state index contributed by atoms with van der Waals surface area (Å²) in [4.78, 5) is 6.98. The largest absolute Gasteiger partial charge is 0.458 e. The minimum absolute atomic E-state index is 0.185. The maximum absolute atomic E-state index is 7.77. The zero-order chi connectivity index (χ0) is 65.8. The first kappa shape index (κ1) is 57.9. The molecule has 13 aromatic carbocycles. The Morgan fingerprint density at radius 1 is 0.280 bits per heavy atom. The van der Waals surface area contributed by atoms with Gasteiger partial charge < -0.3 is 33.6 Å². The second-order valence-electron chi connectivity index (χ2n) is 25.8. The highest BCUT2D eigenvalue weighted by molar-refractivity contribution is 8.00. The van der Waals surface area contributed by atoms with Crippen molar-refractivity contribution in [2.24, 2.45) is 0 Å². The Morgan fingerprint density at radius 2 is 0.590 bits per heavy atom. The monoisotopic (exact) mass is 1360 g/mol. The van der Waals surface area contributed by atoms with Gasteiger partial charge in [-0.15, -0.1) is 22.7 Å². The van der Waals surface area contributed by atoms with Crippen molar-refractivity contribution < 1.29 is 18.9 Å². The van der Waals surface area contributed by atoms with Gasteiger partial charge >= 0.3 is 0 Å². The van der Waals surface area contributed by atoms with Crippen LogP contribution in [0, 0.1) is 0 Å². The lowest BCUT2D eigenvalue weighted by Gasteiger charge is -2.43. The second kappa shape index (κ2) is 22.7.